The molecule has 1 aliphatic heterocycles. The quantitative estimate of drug-likeness (QED) is 0.518. The fourth-order valence-corrected chi connectivity index (χ4v) is 3.06. The van der Waals surface area contributed by atoms with Gasteiger partial charge in [-0.25, -0.2) is 0 Å². The molecular weight excluding hydrogens is 255 g/mol. The van der Waals surface area contributed by atoms with Crippen molar-refractivity contribution < 1.29 is 19.2 Å². The highest BCUT2D eigenvalue weighted by molar-refractivity contribution is 6.61. The number of carbonyl (C=O) groups excluding carboxylic acids is 1. The highest BCUT2D eigenvalue weighted by Crippen LogP contribution is 2.27. The molecule has 0 unspecified atom stereocenters. The molecule has 4 nitrogen and oxygen atoms in total. The molecule has 1 aromatic rings. The Labute approximate surface area is 119 Å². The number of esters is 1. The maximum atomic E-state index is 11.9. The van der Waals surface area contributed by atoms with Crippen molar-refractivity contribution in [2.45, 2.75) is 45.1 Å². The van der Waals surface area contributed by atoms with E-state index in [-0.39, 0.29) is 5.97 Å². The van der Waals surface area contributed by atoms with Crippen molar-refractivity contribution in [3.05, 3.63) is 23.8 Å². The summed E-state index contributed by atoms with van der Waals surface area (Å²) in [5.74, 6) is 0.791. The Kier molecular flexibility index (Phi) is 4.08. The molecule has 1 saturated carbocycles. The van der Waals surface area contributed by atoms with Crippen LogP contribution in [0.2, 0.25) is 0 Å². The van der Waals surface area contributed by atoms with Crippen molar-refractivity contribution in [3.8, 4) is 5.75 Å². The maximum absolute atomic E-state index is 11.9. The fourth-order valence-electron chi connectivity index (χ4n) is 3.06. The molecule has 1 aromatic carbocycles. The van der Waals surface area contributed by atoms with Gasteiger partial charge in [0.1, 0.15) is 5.75 Å². The Morgan fingerprint density at radius 3 is 2.95 bits per heavy atom. The summed E-state index contributed by atoms with van der Waals surface area (Å²) in [6.07, 6.45) is 6.49. The first-order valence-corrected chi connectivity index (χ1v) is 7.35. The van der Waals surface area contributed by atoms with E-state index in [1.807, 2.05) is 6.07 Å². The monoisotopic (exact) mass is 274 g/mol. The van der Waals surface area contributed by atoms with Crippen LogP contribution in [0.5, 0.6) is 5.75 Å². The van der Waals surface area contributed by atoms with Crippen LogP contribution in [0.15, 0.2) is 18.2 Å². The summed E-state index contributed by atoms with van der Waals surface area (Å²) in [6.45, 7) is 0.410. The summed E-state index contributed by atoms with van der Waals surface area (Å²) in [5, 5.41) is 9.64. The molecule has 0 aromatic heterocycles. The second kappa shape index (κ2) is 5.98. The van der Waals surface area contributed by atoms with E-state index in [0.717, 1.165) is 18.4 Å². The van der Waals surface area contributed by atoms with Gasteiger partial charge < -0.3 is 14.4 Å². The van der Waals surface area contributed by atoms with Gasteiger partial charge in [0.25, 0.3) is 0 Å². The maximum Gasteiger partial charge on any atom is 0.491 e. The van der Waals surface area contributed by atoms with Crippen LogP contribution in [0.4, 0.5) is 0 Å². The molecule has 0 atom stereocenters. The number of fused-ring (bicyclic) bond motifs is 1. The van der Waals surface area contributed by atoms with Crippen LogP contribution in [0.3, 0.4) is 0 Å². The third kappa shape index (κ3) is 3.05. The molecule has 1 N–H and O–H groups in total. The first kappa shape index (κ1) is 13.6. The van der Waals surface area contributed by atoms with Crippen molar-refractivity contribution in [2.24, 2.45) is 5.92 Å². The van der Waals surface area contributed by atoms with Gasteiger partial charge in [-0.3, -0.25) is 4.79 Å². The van der Waals surface area contributed by atoms with Gasteiger partial charge in [0, 0.05) is 6.42 Å². The van der Waals surface area contributed by atoms with E-state index in [4.69, 9.17) is 9.39 Å². The van der Waals surface area contributed by atoms with Gasteiger partial charge in [0.15, 0.2) is 0 Å². The summed E-state index contributed by atoms with van der Waals surface area (Å²) in [7, 11) is -0.901. The zero-order chi connectivity index (χ0) is 13.9. The molecule has 1 fully saturated rings. The van der Waals surface area contributed by atoms with Gasteiger partial charge in [-0.15, -0.1) is 0 Å². The molecular formula is C15H19BO4. The highest BCUT2D eigenvalue weighted by Gasteiger charge is 2.28. The van der Waals surface area contributed by atoms with Crippen molar-refractivity contribution in [2.75, 3.05) is 0 Å². The smallest absolute Gasteiger partial charge is 0.427 e. The van der Waals surface area contributed by atoms with Crippen LogP contribution in [-0.2, 0) is 16.1 Å². The standard InChI is InChI=1S/C15H19BO4/c17-15(8-11-4-2-1-3-5-11)20-13-7-6-12-10-19-16(18)14(12)9-13/h6-7,9,11,18H,1-5,8,10H2. The lowest BCUT2D eigenvalue weighted by atomic mass is 9.79. The minimum absolute atomic E-state index is 0.176. The Morgan fingerprint density at radius 2 is 2.15 bits per heavy atom. The first-order valence-electron chi connectivity index (χ1n) is 7.35. The van der Waals surface area contributed by atoms with E-state index in [9.17, 15) is 9.82 Å². The normalized spacial score (nSPS) is 18.9. The molecule has 0 spiro atoms. The Balaban J connectivity index is 1.60. The molecule has 3 rings (SSSR count). The zero-order valence-electron chi connectivity index (χ0n) is 11.5. The molecule has 2 aliphatic rings. The number of ether oxygens (including phenoxy) is 1. The van der Waals surface area contributed by atoms with Crippen molar-refractivity contribution >= 4 is 18.6 Å². The minimum atomic E-state index is -0.901. The number of benzene rings is 1. The Hall–Kier alpha value is -1.33. The summed E-state index contributed by atoms with van der Waals surface area (Å²) < 4.78 is 10.5. The lowest BCUT2D eigenvalue weighted by Gasteiger charge is -2.20. The van der Waals surface area contributed by atoms with E-state index in [0.29, 0.717) is 30.2 Å². The van der Waals surface area contributed by atoms with Crippen LogP contribution in [0, 0.1) is 5.92 Å². The lowest BCUT2D eigenvalue weighted by Crippen LogP contribution is -2.28. The molecule has 0 bridgehead atoms. The fraction of sp³-hybridized carbons (Fsp3) is 0.533. The molecule has 1 heterocycles. The largest absolute Gasteiger partial charge is 0.491 e. The number of hydrogen-bond donors (Lipinski definition) is 1. The summed E-state index contributed by atoms with van der Waals surface area (Å²) >= 11 is 0. The summed E-state index contributed by atoms with van der Waals surface area (Å²) in [5.41, 5.74) is 1.65. The van der Waals surface area contributed by atoms with Crippen molar-refractivity contribution in [3.63, 3.8) is 0 Å². The van der Waals surface area contributed by atoms with Crippen LogP contribution < -0.4 is 10.2 Å². The second-order valence-corrected chi connectivity index (χ2v) is 5.71. The van der Waals surface area contributed by atoms with Gasteiger partial charge in [-0.2, -0.15) is 0 Å². The number of hydrogen-bond acceptors (Lipinski definition) is 4. The van der Waals surface area contributed by atoms with Gasteiger partial charge in [-0.1, -0.05) is 25.3 Å². The number of rotatable bonds is 3. The molecule has 0 amide bonds. The Bertz CT molecular complexity index is 497. The minimum Gasteiger partial charge on any atom is -0.427 e. The summed E-state index contributed by atoms with van der Waals surface area (Å²) in [4.78, 5) is 11.9. The van der Waals surface area contributed by atoms with E-state index in [1.54, 1.807) is 12.1 Å². The predicted molar refractivity (Wildman–Crippen MR) is 75.7 cm³/mol. The van der Waals surface area contributed by atoms with Gasteiger partial charge in [0.05, 0.1) is 6.61 Å². The van der Waals surface area contributed by atoms with E-state index < -0.39 is 7.12 Å². The van der Waals surface area contributed by atoms with Crippen LogP contribution in [0.1, 0.15) is 44.1 Å². The molecule has 1 aliphatic carbocycles. The van der Waals surface area contributed by atoms with E-state index >= 15 is 0 Å². The summed E-state index contributed by atoms with van der Waals surface area (Å²) in [6, 6.07) is 5.31. The predicted octanol–water partition coefficient (Wildman–Crippen LogP) is 1.78. The molecule has 0 radical (unpaired) electrons. The third-order valence-corrected chi connectivity index (χ3v) is 4.19. The molecule has 20 heavy (non-hydrogen) atoms. The number of carbonyl (C=O) groups is 1. The van der Waals surface area contributed by atoms with Crippen LogP contribution >= 0.6 is 0 Å². The van der Waals surface area contributed by atoms with Crippen LogP contribution in [-0.4, -0.2) is 18.1 Å². The van der Waals surface area contributed by atoms with Crippen molar-refractivity contribution in [1.82, 2.24) is 0 Å². The lowest BCUT2D eigenvalue weighted by molar-refractivity contribution is -0.135. The average molecular weight is 274 g/mol. The van der Waals surface area contributed by atoms with E-state index in [1.165, 1.54) is 19.3 Å². The second-order valence-electron chi connectivity index (χ2n) is 5.71. The topological polar surface area (TPSA) is 55.8 Å². The van der Waals surface area contributed by atoms with Gasteiger partial charge >= 0.3 is 13.1 Å². The molecule has 106 valence electrons. The highest BCUT2D eigenvalue weighted by atomic mass is 16.5. The average Bonchev–Trinajstić information content (AvgIpc) is 2.81. The van der Waals surface area contributed by atoms with Crippen LogP contribution in [0.25, 0.3) is 0 Å². The van der Waals surface area contributed by atoms with Crippen molar-refractivity contribution in [1.29, 1.82) is 0 Å². The van der Waals surface area contributed by atoms with Gasteiger partial charge in [-0.05, 0) is 41.9 Å². The Morgan fingerprint density at radius 1 is 1.35 bits per heavy atom. The third-order valence-electron chi connectivity index (χ3n) is 4.19. The van der Waals surface area contributed by atoms with E-state index in [2.05, 4.69) is 0 Å². The first-order chi connectivity index (χ1) is 9.72. The zero-order valence-corrected chi connectivity index (χ0v) is 11.5. The van der Waals surface area contributed by atoms with Gasteiger partial charge in [0.2, 0.25) is 0 Å². The molecule has 0 saturated heterocycles. The molecule has 5 heteroatoms. The SMILES string of the molecule is O=C(CC1CCCCC1)Oc1ccc2c(c1)B(O)OC2.